The van der Waals surface area contributed by atoms with Crippen LogP contribution in [0.3, 0.4) is 0 Å². The fourth-order valence-corrected chi connectivity index (χ4v) is 1.93. The van der Waals surface area contributed by atoms with Crippen molar-refractivity contribution < 1.29 is 19.4 Å². The summed E-state index contributed by atoms with van der Waals surface area (Å²) < 4.78 is 5.42. The lowest BCUT2D eigenvalue weighted by Gasteiger charge is -2.21. The third-order valence-electron chi connectivity index (χ3n) is 3.05. The van der Waals surface area contributed by atoms with E-state index in [1.165, 1.54) is 0 Å². The van der Waals surface area contributed by atoms with Crippen LogP contribution in [0.5, 0.6) is 0 Å². The molecule has 1 heterocycles. The standard InChI is InChI=1S/C12H21NO4/c1-12(7-5-9-17-12)11(16)13-8-4-2-3-6-10(14)15/h2-9H2,1H3,(H,13,16)(H,14,15). The highest BCUT2D eigenvalue weighted by Crippen LogP contribution is 2.24. The van der Waals surface area contributed by atoms with Gasteiger partial charge in [0.15, 0.2) is 0 Å². The number of hydrogen-bond acceptors (Lipinski definition) is 3. The Kier molecular flexibility index (Phi) is 5.41. The second kappa shape index (κ2) is 6.59. The summed E-state index contributed by atoms with van der Waals surface area (Å²) in [5.74, 6) is -0.811. The smallest absolute Gasteiger partial charge is 0.303 e. The molecule has 1 rings (SSSR count). The van der Waals surface area contributed by atoms with E-state index in [1.807, 2.05) is 6.92 Å². The number of unbranched alkanes of at least 4 members (excludes halogenated alkanes) is 2. The van der Waals surface area contributed by atoms with Gasteiger partial charge in [-0.05, 0) is 32.6 Å². The van der Waals surface area contributed by atoms with E-state index in [9.17, 15) is 9.59 Å². The molecule has 98 valence electrons. The van der Waals surface area contributed by atoms with Crippen LogP contribution in [-0.4, -0.2) is 35.7 Å². The van der Waals surface area contributed by atoms with Crippen LogP contribution in [0.2, 0.25) is 0 Å². The van der Waals surface area contributed by atoms with Crippen molar-refractivity contribution in [2.75, 3.05) is 13.2 Å². The molecule has 1 atom stereocenters. The van der Waals surface area contributed by atoms with E-state index in [1.54, 1.807) is 0 Å². The van der Waals surface area contributed by atoms with Gasteiger partial charge < -0.3 is 15.2 Å². The monoisotopic (exact) mass is 243 g/mol. The summed E-state index contributed by atoms with van der Waals surface area (Å²) >= 11 is 0. The van der Waals surface area contributed by atoms with E-state index in [0.717, 1.165) is 25.7 Å². The number of ether oxygens (including phenoxy) is 1. The number of nitrogens with one attached hydrogen (secondary N) is 1. The SMILES string of the molecule is CC1(C(=O)NCCCCCC(=O)O)CCCO1. The van der Waals surface area contributed by atoms with Crippen molar-refractivity contribution in [3.8, 4) is 0 Å². The molecule has 0 aromatic carbocycles. The molecule has 0 aliphatic carbocycles. The summed E-state index contributed by atoms with van der Waals surface area (Å²) in [5.41, 5.74) is -0.652. The highest BCUT2D eigenvalue weighted by molar-refractivity contribution is 5.84. The van der Waals surface area contributed by atoms with Crippen LogP contribution in [0.25, 0.3) is 0 Å². The summed E-state index contributed by atoms with van der Waals surface area (Å²) in [6, 6.07) is 0. The molecular formula is C12H21NO4. The van der Waals surface area contributed by atoms with Crippen LogP contribution in [0.1, 0.15) is 45.4 Å². The van der Waals surface area contributed by atoms with Gasteiger partial charge in [0.2, 0.25) is 0 Å². The third-order valence-corrected chi connectivity index (χ3v) is 3.05. The van der Waals surface area contributed by atoms with Crippen LogP contribution in [0, 0.1) is 0 Å². The topological polar surface area (TPSA) is 75.6 Å². The van der Waals surface area contributed by atoms with Crippen LogP contribution in [0.4, 0.5) is 0 Å². The van der Waals surface area contributed by atoms with Crippen molar-refractivity contribution >= 4 is 11.9 Å². The Balaban J connectivity index is 2.06. The van der Waals surface area contributed by atoms with E-state index < -0.39 is 11.6 Å². The number of carbonyl (C=O) groups excluding carboxylic acids is 1. The molecule has 17 heavy (non-hydrogen) atoms. The first-order valence-electron chi connectivity index (χ1n) is 6.19. The molecule has 2 N–H and O–H groups in total. The van der Waals surface area contributed by atoms with Crippen LogP contribution in [-0.2, 0) is 14.3 Å². The maximum atomic E-state index is 11.8. The van der Waals surface area contributed by atoms with Gasteiger partial charge in [-0.15, -0.1) is 0 Å². The first-order chi connectivity index (χ1) is 8.04. The number of carboxylic acid groups (broad SMARTS) is 1. The zero-order chi connectivity index (χ0) is 12.7. The minimum absolute atomic E-state index is 0.0479. The minimum Gasteiger partial charge on any atom is -0.481 e. The zero-order valence-corrected chi connectivity index (χ0v) is 10.3. The number of rotatable bonds is 7. The van der Waals surface area contributed by atoms with Crippen molar-refractivity contribution in [3.63, 3.8) is 0 Å². The normalized spacial score (nSPS) is 23.6. The van der Waals surface area contributed by atoms with E-state index in [2.05, 4.69) is 5.32 Å². The summed E-state index contributed by atoms with van der Waals surface area (Å²) in [5, 5.41) is 11.3. The van der Waals surface area contributed by atoms with Gasteiger partial charge in [-0.1, -0.05) is 6.42 Å². The van der Waals surface area contributed by atoms with E-state index >= 15 is 0 Å². The second-order valence-corrected chi connectivity index (χ2v) is 4.64. The number of carbonyl (C=O) groups is 2. The Morgan fingerprint density at radius 2 is 2.12 bits per heavy atom. The van der Waals surface area contributed by atoms with Crippen LogP contribution in [0.15, 0.2) is 0 Å². The molecule has 0 radical (unpaired) electrons. The largest absolute Gasteiger partial charge is 0.481 e. The summed E-state index contributed by atoms with van der Waals surface area (Å²) in [6.45, 7) is 3.07. The quantitative estimate of drug-likeness (QED) is 0.661. The van der Waals surface area contributed by atoms with Crippen LogP contribution < -0.4 is 5.32 Å². The van der Waals surface area contributed by atoms with Gasteiger partial charge in [0.25, 0.3) is 5.91 Å². The highest BCUT2D eigenvalue weighted by atomic mass is 16.5. The average molecular weight is 243 g/mol. The molecule has 1 fully saturated rings. The molecule has 1 unspecified atom stereocenters. The number of aliphatic carboxylic acids is 1. The summed E-state index contributed by atoms with van der Waals surface area (Å²) in [6.07, 6.45) is 4.22. The van der Waals surface area contributed by atoms with E-state index in [0.29, 0.717) is 19.6 Å². The zero-order valence-electron chi connectivity index (χ0n) is 10.3. The number of hydrogen-bond donors (Lipinski definition) is 2. The average Bonchev–Trinajstić information content (AvgIpc) is 2.71. The first kappa shape index (κ1) is 14.0. The molecule has 1 aliphatic heterocycles. The predicted molar refractivity (Wildman–Crippen MR) is 62.7 cm³/mol. The van der Waals surface area contributed by atoms with Gasteiger partial charge in [-0.25, -0.2) is 0 Å². The third kappa shape index (κ3) is 4.73. The van der Waals surface area contributed by atoms with Gasteiger partial charge in [0.1, 0.15) is 5.60 Å². The Labute approximate surface area is 102 Å². The Hall–Kier alpha value is -1.10. The molecule has 1 aliphatic rings. The lowest BCUT2D eigenvalue weighted by atomic mass is 10.0. The van der Waals surface area contributed by atoms with Crippen molar-refractivity contribution in [3.05, 3.63) is 0 Å². The molecule has 0 aromatic heterocycles. The number of amides is 1. The Bertz CT molecular complexity index is 272. The van der Waals surface area contributed by atoms with Crippen molar-refractivity contribution in [1.82, 2.24) is 5.32 Å². The molecule has 0 saturated carbocycles. The number of carboxylic acids is 1. The maximum Gasteiger partial charge on any atom is 0.303 e. The highest BCUT2D eigenvalue weighted by Gasteiger charge is 2.37. The molecule has 0 spiro atoms. The summed E-state index contributed by atoms with van der Waals surface area (Å²) in [4.78, 5) is 22.0. The molecule has 0 bridgehead atoms. The lowest BCUT2D eigenvalue weighted by molar-refractivity contribution is -0.139. The summed E-state index contributed by atoms with van der Waals surface area (Å²) in [7, 11) is 0. The molecule has 1 amide bonds. The van der Waals surface area contributed by atoms with Gasteiger partial charge in [-0.3, -0.25) is 9.59 Å². The van der Waals surface area contributed by atoms with Crippen LogP contribution >= 0.6 is 0 Å². The molecular weight excluding hydrogens is 222 g/mol. The van der Waals surface area contributed by atoms with Gasteiger partial charge in [0.05, 0.1) is 0 Å². The van der Waals surface area contributed by atoms with E-state index in [-0.39, 0.29) is 12.3 Å². The molecule has 1 saturated heterocycles. The Morgan fingerprint density at radius 3 is 2.71 bits per heavy atom. The van der Waals surface area contributed by atoms with Crippen molar-refractivity contribution in [2.24, 2.45) is 0 Å². The van der Waals surface area contributed by atoms with E-state index in [4.69, 9.17) is 9.84 Å². The fourth-order valence-electron chi connectivity index (χ4n) is 1.93. The molecule has 0 aromatic rings. The van der Waals surface area contributed by atoms with Gasteiger partial charge in [-0.2, -0.15) is 0 Å². The minimum atomic E-state index is -0.763. The maximum absolute atomic E-state index is 11.8. The van der Waals surface area contributed by atoms with Gasteiger partial charge >= 0.3 is 5.97 Å². The first-order valence-corrected chi connectivity index (χ1v) is 6.19. The van der Waals surface area contributed by atoms with Crippen molar-refractivity contribution in [1.29, 1.82) is 0 Å². The Morgan fingerprint density at radius 1 is 1.35 bits per heavy atom. The molecule has 5 heteroatoms. The second-order valence-electron chi connectivity index (χ2n) is 4.64. The van der Waals surface area contributed by atoms with Gasteiger partial charge in [0, 0.05) is 19.6 Å². The lowest BCUT2D eigenvalue weighted by Crippen LogP contribution is -2.44. The fraction of sp³-hybridized carbons (Fsp3) is 0.833. The predicted octanol–water partition coefficient (Wildman–Crippen LogP) is 1.32. The van der Waals surface area contributed by atoms with Crippen molar-refractivity contribution in [2.45, 2.75) is 51.0 Å². The molecule has 5 nitrogen and oxygen atoms in total.